The summed E-state index contributed by atoms with van der Waals surface area (Å²) in [6.45, 7) is 2.89. The van der Waals surface area contributed by atoms with E-state index in [2.05, 4.69) is 5.32 Å². The molecule has 6 nitrogen and oxygen atoms in total. The quantitative estimate of drug-likeness (QED) is 0.513. The molecule has 0 aromatic heterocycles. The van der Waals surface area contributed by atoms with Gasteiger partial charge in [-0.25, -0.2) is 0 Å². The van der Waals surface area contributed by atoms with E-state index in [1.54, 1.807) is 0 Å². The largest absolute Gasteiger partial charge is 0.507 e. The lowest BCUT2D eigenvalue weighted by atomic mass is 10.1. The van der Waals surface area contributed by atoms with Gasteiger partial charge in [-0.05, 0) is 6.54 Å². The SMILES string of the molecule is CCNCc1cc([N+](=O)[O-])c(O)cc1O. The third kappa shape index (κ3) is 2.57. The fourth-order valence-corrected chi connectivity index (χ4v) is 1.16. The summed E-state index contributed by atoms with van der Waals surface area (Å²) >= 11 is 0. The van der Waals surface area contributed by atoms with Crippen LogP contribution in [0.15, 0.2) is 12.1 Å². The lowest BCUT2D eigenvalue weighted by Crippen LogP contribution is -2.12. The number of hydrogen-bond acceptors (Lipinski definition) is 5. The lowest BCUT2D eigenvalue weighted by molar-refractivity contribution is -0.385. The van der Waals surface area contributed by atoms with E-state index in [9.17, 15) is 20.3 Å². The summed E-state index contributed by atoms with van der Waals surface area (Å²) in [4.78, 5) is 9.81. The van der Waals surface area contributed by atoms with Gasteiger partial charge in [-0.15, -0.1) is 0 Å². The normalized spacial score (nSPS) is 10.2. The van der Waals surface area contributed by atoms with Crippen LogP contribution in [-0.2, 0) is 6.54 Å². The molecule has 1 aromatic carbocycles. The predicted molar refractivity (Wildman–Crippen MR) is 53.8 cm³/mol. The zero-order valence-corrected chi connectivity index (χ0v) is 8.23. The standard InChI is InChI=1S/C9H12N2O4/c1-2-10-5-6-3-7(11(14)15)9(13)4-8(6)12/h3-4,10,12-13H,2,5H2,1H3. The molecule has 0 spiro atoms. The first-order valence-electron chi connectivity index (χ1n) is 4.46. The molecule has 1 rings (SSSR count). The molecule has 0 saturated heterocycles. The van der Waals surface area contributed by atoms with E-state index < -0.39 is 16.4 Å². The molecule has 0 aliphatic rings. The maximum absolute atomic E-state index is 10.5. The molecular formula is C9H12N2O4. The molecule has 0 aliphatic carbocycles. The van der Waals surface area contributed by atoms with Crippen LogP contribution in [0.5, 0.6) is 11.5 Å². The average molecular weight is 212 g/mol. The molecule has 1 aromatic rings. The summed E-state index contributed by atoms with van der Waals surface area (Å²) in [5.74, 6) is -0.684. The summed E-state index contributed by atoms with van der Waals surface area (Å²) in [7, 11) is 0. The Morgan fingerprint density at radius 3 is 2.60 bits per heavy atom. The molecule has 0 fully saturated rings. The summed E-state index contributed by atoms with van der Waals surface area (Å²) < 4.78 is 0. The summed E-state index contributed by atoms with van der Waals surface area (Å²) in [5.41, 5.74) is -0.0120. The van der Waals surface area contributed by atoms with Crippen molar-refractivity contribution in [2.75, 3.05) is 6.54 Å². The van der Waals surface area contributed by atoms with Gasteiger partial charge in [-0.2, -0.15) is 0 Å². The van der Waals surface area contributed by atoms with Crippen molar-refractivity contribution in [2.24, 2.45) is 0 Å². The van der Waals surface area contributed by atoms with Gasteiger partial charge in [-0.1, -0.05) is 6.92 Å². The van der Waals surface area contributed by atoms with E-state index in [0.717, 1.165) is 12.1 Å². The second-order valence-corrected chi connectivity index (χ2v) is 3.01. The van der Waals surface area contributed by atoms with Crippen molar-refractivity contribution in [1.82, 2.24) is 5.32 Å². The van der Waals surface area contributed by atoms with Crippen LogP contribution in [0.25, 0.3) is 0 Å². The van der Waals surface area contributed by atoms with Crippen LogP contribution in [0.1, 0.15) is 12.5 Å². The van der Waals surface area contributed by atoms with E-state index in [-0.39, 0.29) is 5.75 Å². The van der Waals surface area contributed by atoms with Gasteiger partial charge in [0.25, 0.3) is 0 Å². The third-order valence-electron chi connectivity index (χ3n) is 1.94. The van der Waals surface area contributed by atoms with Crippen LogP contribution in [0.4, 0.5) is 5.69 Å². The van der Waals surface area contributed by atoms with Crippen LogP contribution >= 0.6 is 0 Å². The average Bonchev–Trinajstić information content (AvgIpc) is 2.16. The first-order chi connectivity index (χ1) is 7.06. The minimum Gasteiger partial charge on any atom is -0.507 e. The van der Waals surface area contributed by atoms with Crippen LogP contribution in [-0.4, -0.2) is 21.7 Å². The van der Waals surface area contributed by atoms with Crippen molar-refractivity contribution in [2.45, 2.75) is 13.5 Å². The summed E-state index contributed by atoms with van der Waals surface area (Å²) in [6, 6.07) is 2.14. The second-order valence-electron chi connectivity index (χ2n) is 3.01. The van der Waals surface area contributed by atoms with Gasteiger partial charge in [0.2, 0.25) is 0 Å². The van der Waals surface area contributed by atoms with Crippen LogP contribution < -0.4 is 5.32 Å². The third-order valence-corrected chi connectivity index (χ3v) is 1.94. The molecule has 6 heteroatoms. The number of hydrogen-bond donors (Lipinski definition) is 3. The Balaban J connectivity index is 3.06. The number of rotatable bonds is 4. The first kappa shape index (κ1) is 11.3. The molecule has 82 valence electrons. The van der Waals surface area contributed by atoms with Crippen molar-refractivity contribution in [3.63, 3.8) is 0 Å². The zero-order chi connectivity index (χ0) is 11.4. The number of nitro benzene ring substituents is 1. The highest BCUT2D eigenvalue weighted by molar-refractivity contribution is 5.53. The molecule has 15 heavy (non-hydrogen) atoms. The molecule has 0 unspecified atom stereocenters. The summed E-state index contributed by atoms with van der Waals surface area (Å²) in [6.07, 6.45) is 0. The van der Waals surface area contributed by atoms with Crippen LogP contribution in [0.3, 0.4) is 0 Å². The Morgan fingerprint density at radius 1 is 1.40 bits per heavy atom. The van der Waals surface area contributed by atoms with E-state index in [1.165, 1.54) is 0 Å². The first-order valence-corrected chi connectivity index (χ1v) is 4.46. The Morgan fingerprint density at radius 2 is 2.07 bits per heavy atom. The number of phenols is 2. The highest BCUT2D eigenvalue weighted by Crippen LogP contribution is 2.32. The van der Waals surface area contributed by atoms with Gasteiger partial charge in [0.15, 0.2) is 5.75 Å². The Hall–Kier alpha value is -1.82. The molecule has 0 bridgehead atoms. The Kier molecular flexibility index (Phi) is 3.46. The van der Waals surface area contributed by atoms with Gasteiger partial charge in [0.05, 0.1) is 4.92 Å². The molecular weight excluding hydrogens is 200 g/mol. The minimum atomic E-state index is -0.690. The Bertz CT molecular complexity index is 379. The smallest absolute Gasteiger partial charge is 0.311 e. The number of phenolic OH excluding ortho intramolecular Hbond substituents is 2. The zero-order valence-electron chi connectivity index (χ0n) is 8.23. The number of aromatic hydroxyl groups is 2. The maximum Gasteiger partial charge on any atom is 0.311 e. The molecule has 0 saturated carbocycles. The van der Waals surface area contributed by atoms with E-state index in [0.29, 0.717) is 18.7 Å². The lowest BCUT2D eigenvalue weighted by Gasteiger charge is -2.05. The van der Waals surface area contributed by atoms with E-state index in [4.69, 9.17) is 0 Å². The monoisotopic (exact) mass is 212 g/mol. The van der Waals surface area contributed by atoms with Crippen LogP contribution in [0.2, 0.25) is 0 Å². The van der Waals surface area contributed by atoms with Gasteiger partial charge >= 0.3 is 5.69 Å². The molecule has 0 radical (unpaired) electrons. The van der Waals surface area contributed by atoms with Crippen molar-refractivity contribution in [3.05, 3.63) is 27.8 Å². The molecule has 3 N–H and O–H groups in total. The number of nitrogens with zero attached hydrogens (tertiary/aromatic N) is 1. The molecule has 0 aliphatic heterocycles. The van der Waals surface area contributed by atoms with Crippen LogP contribution in [0, 0.1) is 10.1 Å². The van der Waals surface area contributed by atoms with Gasteiger partial charge in [-0.3, -0.25) is 10.1 Å². The topological polar surface area (TPSA) is 95.6 Å². The highest BCUT2D eigenvalue weighted by atomic mass is 16.6. The second kappa shape index (κ2) is 4.61. The van der Waals surface area contributed by atoms with Gasteiger partial charge < -0.3 is 15.5 Å². The van der Waals surface area contributed by atoms with E-state index in [1.807, 2.05) is 6.92 Å². The number of nitrogens with one attached hydrogen (secondary N) is 1. The fourth-order valence-electron chi connectivity index (χ4n) is 1.16. The number of nitro groups is 1. The maximum atomic E-state index is 10.5. The highest BCUT2D eigenvalue weighted by Gasteiger charge is 2.16. The Labute approximate surface area is 86.3 Å². The fraction of sp³-hybridized carbons (Fsp3) is 0.333. The molecule has 0 heterocycles. The molecule has 0 atom stereocenters. The minimum absolute atomic E-state index is 0.154. The van der Waals surface area contributed by atoms with Crippen molar-refractivity contribution < 1.29 is 15.1 Å². The summed E-state index contributed by atoms with van der Waals surface area (Å²) in [5, 5.41) is 32.0. The van der Waals surface area contributed by atoms with Gasteiger partial charge in [0.1, 0.15) is 5.75 Å². The van der Waals surface area contributed by atoms with Crippen molar-refractivity contribution in [1.29, 1.82) is 0 Å². The van der Waals surface area contributed by atoms with Crippen molar-refractivity contribution in [3.8, 4) is 11.5 Å². The molecule has 0 amide bonds. The van der Waals surface area contributed by atoms with E-state index >= 15 is 0 Å². The van der Waals surface area contributed by atoms with Crippen molar-refractivity contribution >= 4 is 5.69 Å². The van der Waals surface area contributed by atoms with Gasteiger partial charge in [0, 0.05) is 24.2 Å². The number of benzene rings is 1. The predicted octanol–water partition coefficient (Wildman–Crippen LogP) is 1.12.